The number of pyridine rings is 6. The van der Waals surface area contributed by atoms with Crippen molar-refractivity contribution in [2.24, 2.45) is 0 Å². The van der Waals surface area contributed by atoms with Crippen LogP contribution in [0.4, 0.5) is 0 Å². The van der Waals surface area contributed by atoms with E-state index in [2.05, 4.69) is 50.9 Å². The lowest BCUT2D eigenvalue weighted by molar-refractivity contribution is 0.666. The highest BCUT2D eigenvalue weighted by atomic mass is 16.3. The number of fused-ring (bicyclic) bond motifs is 9. The van der Waals surface area contributed by atoms with Crippen LogP contribution in [0.25, 0.3) is 83.1 Å². The van der Waals surface area contributed by atoms with E-state index in [1.54, 1.807) is 12.4 Å². The van der Waals surface area contributed by atoms with E-state index in [-0.39, 0.29) is 0 Å². The Morgan fingerprint density at radius 1 is 0.533 bits per heavy atom. The second kappa shape index (κ2) is 9.11. The number of benzene rings is 1. The minimum Gasteiger partial charge on any atom is -0.452 e. The van der Waals surface area contributed by atoms with Crippen molar-refractivity contribution in [3.8, 4) is 39.3 Å². The molecule has 0 atom stereocenters. The summed E-state index contributed by atoms with van der Waals surface area (Å²) in [6, 6.07) is 18.5. The van der Waals surface area contributed by atoms with Gasteiger partial charge in [0, 0.05) is 101 Å². The summed E-state index contributed by atoms with van der Waals surface area (Å²) in [6.07, 6.45) is 19.5. The molecule has 8 heteroatoms. The van der Waals surface area contributed by atoms with Gasteiger partial charge in [0.1, 0.15) is 5.69 Å². The van der Waals surface area contributed by atoms with Gasteiger partial charge in [-0.25, -0.2) is 0 Å². The van der Waals surface area contributed by atoms with Gasteiger partial charge in [0.25, 0.3) is 0 Å². The molecule has 8 aromatic heterocycles. The van der Waals surface area contributed by atoms with Crippen molar-refractivity contribution in [3.63, 3.8) is 0 Å². The summed E-state index contributed by atoms with van der Waals surface area (Å²) >= 11 is 0. The van der Waals surface area contributed by atoms with Gasteiger partial charge in [-0.2, -0.15) is 0 Å². The van der Waals surface area contributed by atoms with Gasteiger partial charge in [0.05, 0.1) is 22.9 Å². The minimum absolute atomic E-state index is 0.701. The van der Waals surface area contributed by atoms with Crippen molar-refractivity contribution >= 4 is 43.7 Å². The molecule has 0 spiro atoms. The van der Waals surface area contributed by atoms with Gasteiger partial charge in [0.2, 0.25) is 0 Å². The molecule has 0 saturated carbocycles. The van der Waals surface area contributed by atoms with E-state index in [0.29, 0.717) is 5.58 Å². The quantitative estimate of drug-likeness (QED) is 0.210. The molecule has 1 aliphatic carbocycles. The molecule has 210 valence electrons. The number of nitrogens with zero attached hydrogens (tertiary/aromatic N) is 7. The van der Waals surface area contributed by atoms with Crippen LogP contribution >= 0.6 is 0 Å². The topological polar surface area (TPSA) is 95.4 Å². The first-order valence-corrected chi connectivity index (χ1v) is 14.7. The molecule has 9 aromatic rings. The Labute approximate surface area is 255 Å². The van der Waals surface area contributed by atoms with Crippen LogP contribution in [0.3, 0.4) is 0 Å². The summed E-state index contributed by atoms with van der Waals surface area (Å²) in [5, 5.41) is 3.94. The van der Waals surface area contributed by atoms with Crippen molar-refractivity contribution in [2.45, 2.75) is 6.42 Å². The molecule has 0 bridgehead atoms. The Balaban J connectivity index is 1.33. The Bertz CT molecular complexity index is 2640. The average Bonchev–Trinajstić information content (AvgIpc) is 3.78. The number of hydrogen-bond donors (Lipinski definition) is 0. The number of furan rings is 1. The fourth-order valence-corrected chi connectivity index (χ4v) is 7.00. The average molecular weight is 580 g/mol. The van der Waals surface area contributed by atoms with Gasteiger partial charge in [-0.05, 0) is 58.7 Å². The van der Waals surface area contributed by atoms with E-state index in [0.717, 1.165) is 72.8 Å². The van der Waals surface area contributed by atoms with E-state index >= 15 is 0 Å². The normalized spacial score (nSPS) is 12.4. The standard InChI is InChI=1S/C37H21N7O/c1-2-4-22(5-3-1)44-35-28(16-40-18-30(35)33-27-14-21-15-38-10-6-23(21)24(27)8-12-42-33)29-17-41-19-31(36(29)44)34-37-26(9-13-43-34)25-7-11-39-20-32(25)45-37/h1-13,15-20H,14H2. The molecule has 45 heavy (non-hydrogen) atoms. The van der Waals surface area contributed by atoms with Gasteiger partial charge >= 0.3 is 0 Å². The van der Waals surface area contributed by atoms with E-state index in [1.807, 2.05) is 67.8 Å². The van der Waals surface area contributed by atoms with Gasteiger partial charge in [-0.3, -0.25) is 29.9 Å². The zero-order chi connectivity index (χ0) is 29.5. The third-order valence-electron chi connectivity index (χ3n) is 8.91. The molecule has 0 saturated heterocycles. The molecule has 1 aliphatic rings. The van der Waals surface area contributed by atoms with E-state index in [4.69, 9.17) is 24.4 Å². The zero-order valence-corrected chi connectivity index (χ0v) is 23.7. The molecule has 1 aromatic carbocycles. The van der Waals surface area contributed by atoms with Gasteiger partial charge in [0.15, 0.2) is 11.2 Å². The summed E-state index contributed by atoms with van der Waals surface area (Å²) in [7, 11) is 0. The molecular formula is C37H21N7O. The third-order valence-corrected chi connectivity index (χ3v) is 8.91. The Morgan fingerprint density at radius 2 is 1.22 bits per heavy atom. The molecule has 0 amide bonds. The monoisotopic (exact) mass is 579 g/mol. The lowest BCUT2D eigenvalue weighted by Crippen LogP contribution is -2.00. The van der Waals surface area contributed by atoms with Crippen LogP contribution in [-0.2, 0) is 6.42 Å². The molecule has 0 unspecified atom stereocenters. The number of rotatable bonds is 3. The molecule has 0 N–H and O–H groups in total. The molecule has 10 rings (SSSR count). The predicted octanol–water partition coefficient (Wildman–Crippen LogP) is 7.96. The van der Waals surface area contributed by atoms with Crippen molar-refractivity contribution in [1.29, 1.82) is 0 Å². The van der Waals surface area contributed by atoms with Crippen LogP contribution in [0.5, 0.6) is 0 Å². The van der Waals surface area contributed by atoms with Crippen LogP contribution < -0.4 is 0 Å². The van der Waals surface area contributed by atoms with Gasteiger partial charge in [-0.15, -0.1) is 0 Å². The third kappa shape index (κ3) is 3.36. The van der Waals surface area contributed by atoms with E-state index in [1.165, 1.54) is 22.3 Å². The first-order valence-electron chi connectivity index (χ1n) is 14.7. The van der Waals surface area contributed by atoms with Crippen molar-refractivity contribution in [2.75, 3.05) is 0 Å². The Morgan fingerprint density at radius 3 is 2.07 bits per heavy atom. The summed E-state index contributed by atoms with van der Waals surface area (Å²) < 4.78 is 8.69. The summed E-state index contributed by atoms with van der Waals surface area (Å²) in [5.74, 6) is 0. The summed E-state index contributed by atoms with van der Waals surface area (Å²) in [6.45, 7) is 0. The highest BCUT2D eigenvalue weighted by Gasteiger charge is 2.27. The van der Waals surface area contributed by atoms with E-state index in [9.17, 15) is 0 Å². The predicted molar refractivity (Wildman–Crippen MR) is 174 cm³/mol. The zero-order valence-electron chi connectivity index (χ0n) is 23.7. The van der Waals surface area contributed by atoms with Crippen LogP contribution in [-0.4, -0.2) is 34.5 Å². The molecule has 8 heterocycles. The molecule has 0 radical (unpaired) electrons. The fraction of sp³-hybridized carbons (Fsp3) is 0.0270. The van der Waals surface area contributed by atoms with Crippen molar-refractivity contribution in [3.05, 3.63) is 128 Å². The smallest absolute Gasteiger partial charge is 0.161 e. The molecular weight excluding hydrogens is 558 g/mol. The van der Waals surface area contributed by atoms with E-state index < -0.39 is 0 Å². The minimum atomic E-state index is 0.701. The highest BCUT2D eigenvalue weighted by Crippen LogP contribution is 2.45. The van der Waals surface area contributed by atoms with Crippen LogP contribution in [0.15, 0.2) is 121 Å². The Hall–Kier alpha value is -6.28. The maximum atomic E-state index is 6.39. The van der Waals surface area contributed by atoms with Crippen LogP contribution in [0.2, 0.25) is 0 Å². The lowest BCUT2D eigenvalue weighted by Gasteiger charge is -2.14. The second-order valence-corrected chi connectivity index (χ2v) is 11.2. The van der Waals surface area contributed by atoms with Gasteiger partial charge in [-0.1, -0.05) is 18.2 Å². The SMILES string of the molecule is c1ccc(-n2c3c(-c4nccc5c4Cc4cnccc4-5)cncc3c3cncc(-c4nccc5c4oc4cnccc45)c32)cc1. The number of aromatic nitrogens is 7. The first kappa shape index (κ1) is 24.2. The number of para-hydroxylation sites is 1. The Kier molecular flexibility index (Phi) is 4.90. The second-order valence-electron chi connectivity index (χ2n) is 11.2. The molecule has 0 fully saturated rings. The van der Waals surface area contributed by atoms with Crippen molar-refractivity contribution in [1.82, 2.24) is 34.5 Å². The lowest BCUT2D eigenvalue weighted by atomic mass is 10.0. The maximum absolute atomic E-state index is 6.39. The summed E-state index contributed by atoms with van der Waals surface area (Å²) in [5.41, 5.74) is 12.7. The van der Waals surface area contributed by atoms with Crippen LogP contribution in [0, 0.1) is 0 Å². The highest BCUT2D eigenvalue weighted by molar-refractivity contribution is 6.18. The largest absolute Gasteiger partial charge is 0.452 e. The van der Waals surface area contributed by atoms with Crippen molar-refractivity contribution < 1.29 is 4.42 Å². The first-order chi connectivity index (χ1) is 22.3. The number of hydrogen-bond acceptors (Lipinski definition) is 7. The van der Waals surface area contributed by atoms with Gasteiger partial charge < -0.3 is 8.98 Å². The summed E-state index contributed by atoms with van der Waals surface area (Å²) in [4.78, 5) is 28.0. The fourth-order valence-electron chi connectivity index (χ4n) is 7.00. The van der Waals surface area contributed by atoms with Crippen LogP contribution in [0.1, 0.15) is 11.1 Å². The molecule has 8 nitrogen and oxygen atoms in total. The maximum Gasteiger partial charge on any atom is 0.161 e. The molecule has 0 aliphatic heterocycles.